The van der Waals surface area contributed by atoms with Crippen LogP contribution in [0.3, 0.4) is 0 Å². The van der Waals surface area contributed by atoms with Gasteiger partial charge in [-0.15, -0.1) is 0 Å². The minimum absolute atomic E-state index is 0.00882. The highest BCUT2D eigenvalue weighted by atomic mass is 79.9. The fraction of sp³-hybridized carbons (Fsp3) is 0.429. The lowest BCUT2D eigenvalue weighted by molar-refractivity contribution is -0.137. The Labute approximate surface area is 120 Å². The topological polar surface area (TPSA) is 66.4 Å². The van der Waals surface area contributed by atoms with Crippen molar-refractivity contribution >= 4 is 27.8 Å². The summed E-state index contributed by atoms with van der Waals surface area (Å²) in [6.07, 6.45) is 2.31. The third-order valence-corrected chi connectivity index (χ3v) is 3.68. The smallest absolute Gasteiger partial charge is 0.305 e. The Hall–Kier alpha value is -1.36. The summed E-state index contributed by atoms with van der Waals surface area (Å²) in [7, 11) is 0. The summed E-state index contributed by atoms with van der Waals surface area (Å²) in [5.74, 6) is -0.640. The van der Waals surface area contributed by atoms with Gasteiger partial charge in [0, 0.05) is 10.5 Å². The first-order chi connectivity index (χ1) is 9.04. The van der Waals surface area contributed by atoms with E-state index in [1.165, 1.54) is 0 Å². The molecule has 1 unspecified atom stereocenters. The van der Waals surface area contributed by atoms with E-state index in [0.717, 1.165) is 22.9 Å². The van der Waals surface area contributed by atoms with Crippen molar-refractivity contribution in [2.45, 2.75) is 31.7 Å². The van der Waals surface area contributed by atoms with Gasteiger partial charge in [-0.3, -0.25) is 9.59 Å². The molecular weight excluding hydrogens is 310 g/mol. The van der Waals surface area contributed by atoms with E-state index in [2.05, 4.69) is 21.2 Å². The quantitative estimate of drug-likeness (QED) is 0.843. The lowest BCUT2D eigenvalue weighted by atomic mass is 10.1. The molecular formula is C14H16BrNO3. The number of carbonyl (C=O) groups is 2. The summed E-state index contributed by atoms with van der Waals surface area (Å²) in [5.41, 5.74) is 0.914. The Balaban J connectivity index is 1.90. The third-order valence-electron chi connectivity index (χ3n) is 3.19. The maximum absolute atomic E-state index is 11.9. The molecule has 1 aliphatic rings. The van der Waals surface area contributed by atoms with Gasteiger partial charge < -0.3 is 10.4 Å². The molecule has 102 valence electrons. The second-order valence-corrected chi connectivity index (χ2v) is 5.83. The molecule has 0 spiro atoms. The molecule has 0 saturated heterocycles. The van der Waals surface area contributed by atoms with E-state index in [4.69, 9.17) is 5.11 Å². The summed E-state index contributed by atoms with van der Waals surface area (Å²) >= 11 is 3.36. The van der Waals surface area contributed by atoms with E-state index in [9.17, 15) is 9.59 Å². The third kappa shape index (κ3) is 4.67. The number of carbonyl (C=O) groups excluding carboxylic acids is 1. The van der Waals surface area contributed by atoms with Crippen LogP contribution in [0.4, 0.5) is 0 Å². The van der Waals surface area contributed by atoms with E-state index in [-0.39, 0.29) is 24.8 Å². The number of aliphatic carboxylic acids is 1. The molecule has 2 rings (SSSR count). The molecule has 5 heteroatoms. The SMILES string of the molecule is O=C(O)CC(NC(=O)Cc1cccc(Br)c1)C1CC1. The zero-order chi connectivity index (χ0) is 13.8. The van der Waals surface area contributed by atoms with Crippen molar-refractivity contribution in [1.29, 1.82) is 0 Å². The minimum Gasteiger partial charge on any atom is -0.481 e. The van der Waals surface area contributed by atoms with Crippen molar-refractivity contribution in [3.63, 3.8) is 0 Å². The normalized spacial score (nSPS) is 15.8. The molecule has 2 N–H and O–H groups in total. The van der Waals surface area contributed by atoms with Crippen LogP contribution in [0.5, 0.6) is 0 Å². The van der Waals surface area contributed by atoms with E-state index in [0.29, 0.717) is 5.92 Å². The molecule has 0 bridgehead atoms. The number of carboxylic acids is 1. The van der Waals surface area contributed by atoms with Gasteiger partial charge in [-0.25, -0.2) is 0 Å². The number of rotatable bonds is 6. The van der Waals surface area contributed by atoms with Crippen LogP contribution in [0, 0.1) is 5.92 Å². The zero-order valence-electron chi connectivity index (χ0n) is 10.4. The fourth-order valence-electron chi connectivity index (χ4n) is 2.11. The van der Waals surface area contributed by atoms with E-state index in [1.54, 1.807) is 0 Å². The van der Waals surface area contributed by atoms with Crippen LogP contribution in [0.25, 0.3) is 0 Å². The fourth-order valence-corrected chi connectivity index (χ4v) is 2.56. The van der Waals surface area contributed by atoms with Crippen LogP contribution < -0.4 is 5.32 Å². The lowest BCUT2D eigenvalue weighted by Gasteiger charge is -2.16. The first kappa shape index (κ1) is 14.1. The van der Waals surface area contributed by atoms with E-state index < -0.39 is 5.97 Å². The van der Waals surface area contributed by atoms with Crippen LogP contribution in [-0.4, -0.2) is 23.0 Å². The predicted octanol–water partition coefficient (Wildman–Crippen LogP) is 2.36. The number of hydrogen-bond acceptors (Lipinski definition) is 2. The molecule has 1 fully saturated rings. The molecule has 0 radical (unpaired) electrons. The molecule has 1 aromatic carbocycles. The Morgan fingerprint density at radius 1 is 1.42 bits per heavy atom. The highest BCUT2D eigenvalue weighted by molar-refractivity contribution is 9.10. The van der Waals surface area contributed by atoms with Crippen molar-refractivity contribution in [1.82, 2.24) is 5.32 Å². The molecule has 1 aromatic rings. The van der Waals surface area contributed by atoms with E-state index in [1.807, 2.05) is 24.3 Å². The van der Waals surface area contributed by atoms with Gasteiger partial charge in [0.2, 0.25) is 5.91 Å². The summed E-state index contributed by atoms with van der Waals surface area (Å²) < 4.78 is 0.932. The summed E-state index contributed by atoms with van der Waals surface area (Å²) in [6, 6.07) is 7.33. The number of carboxylic acid groups (broad SMARTS) is 1. The van der Waals surface area contributed by atoms with Crippen molar-refractivity contribution < 1.29 is 14.7 Å². The van der Waals surface area contributed by atoms with Gasteiger partial charge in [0.05, 0.1) is 12.8 Å². The van der Waals surface area contributed by atoms with Gasteiger partial charge in [0.15, 0.2) is 0 Å². The van der Waals surface area contributed by atoms with Gasteiger partial charge >= 0.3 is 5.97 Å². The first-order valence-corrected chi connectivity index (χ1v) is 7.09. The molecule has 0 heterocycles. The van der Waals surface area contributed by atoms with Crippen molar-refractivity contribution in [2.75, 3.05) is 0 Å². The number of halogens is 1. The predicted molar refractivity (Wildman–Crippen MR) is 74.8 cm³/mol. The number of hydrogen-bond donors (Lipinski definition) is 2. The minimum atomic E-state index is -0.861. The van der Waals surface area contributed by atoms with Gasteiger partial charge in [-0.1, -0.05) is 28.1 Å². The van der Waals surface area contributed by atoms with Crippen LogP contribution in [0.15, 0.2) is 28.7 Å². The van der Waals surface area contributed by atoms with Crippen LogP contribution >= 0.6 is 15.9 Å². The molecule has 0 aliphatic heterocycles. The molecule has 1 aliphatic carbocycles. The Morgan fingerprint density at radius 3 is 2.74 bits per heavy atom. The molecule has 4 nitrogen and oxygen atoms in total. The van der Waals surface area contributed by atoms with Gasteiger partial charge in [0.1, 0.15) is 0 Å². The summed E-state index contributed by atoms with van der Waals surface area (Å²) in [5, 5.41) is 11.7. The van der Waals surface area contributed by atoms with Gasteiger partial charge in [-0.05, 0) is 36.5 Å². The van der Waals surface area contributed by atoms with Crippen molar-refractivity contribution in [3.8, 4) is 0 Å². The monoisotopic (exact) mass is 325 g/mol. The van der Waals surface area contributed by atoms with Crippen LogP contribution in [0.2, 0.25) is 0 Å². The second-order valence-electron chi connectivity index (χ2n) is 4.92. The largest absolute Gasteiger partial charge is 0.481 e. The Kier molecular flexibility index (Phi) is 4.58. The van der Waals surface area contributed by atoms with Crippen molar-refractivity contribution in [3.05, 3.63) is 34.3 Å². The molecule has 0 aromatic heterocycles. The Morgan fingerprint density at radius 2 is 2.16 bits per heavy atom. The number of nitrogens with one attached hydrogen (secondary N) is 1. The summed E-state index contributed by atoms with van der Waals surface area (Å²) in [6.45, 7) is 0. The first-order valence-electron chi connectivity index (χ1n) is 6.30. The highest BCUT2D eigenvalue weighted by Crippen LogP contribution is 2.34. The maximum Gasteiger partial charge on any atom is 0.305 e. The second kappa shape index (κ2) is 6.19. The molecule has 1 amide bonds. The van der Waals surface area contributed by atoms with Gasteiger partial charge in [-0.2, -0.15) is 0 Å². The number of amides is 1. The van der Waals surface area contributed by atoms with Crippen LogP contribution in [-0.2, 0) is 16.0 Å². The van der Waals surface area contributed by atoms with Gasteiger partial charge in [0.25, 0.3) is 0 Å². The molecule has 19 heavy (non-hydrogen) atoms. The highest BCUT2D eigenvalue weighted by Gasteiger charge is 2.33. The summed E-state index contributed by atoms with van der Waals surface area (Å²) in [4.78, 5) is 22.7. The maximum atomic E-state index is 11.9. The number of benzene rings is 1. The average Bonchev–Trinajstić information content (AvgIpc) is 3.10. The van der Waals surface area contributed by atoms with Crippen LogP contribution in [0.1, 0.15) is 24.8 Å². The Bertz CT molecular complexity index is 485. The van der Waals surface area contributed by atoms with E-state index >= 15 is 0 Å². The lowest BCUT2D eigenvalue weighted by Crippen LogP contribution is -2.38. The standard InChI is InChI=1S/C14H16BrNO3/c15-11-3-1-2-9(6-11)7-13(17)16-12(8-14(18)19)10-4-5-10/h1-3,6,10,12H,4-5,7-8H2,(H,16,17)(H,18,19). The molecule has 1 atom stereocenters. The zero-order valence-corrected chi connectivity index (χ0v) is 12.0. The van der Waals surface area contributed by atoms with Crippen molar-refractivity contribution in [2.24, 2.45) is 5.92 Å². The molecule has 1 saturated carbocycles. The average molecular weight is 326 g/mol.